The van der Waals surface area contributed by atoms with E-state index in [0.29, 0.717) is 13.2 Å². The molecule has 2 aliphatic rings. The van der Waals surface area contributed by atoms with Crippen LogP contribution in [0.1, 0.15) is 12.0 Å². The van der Waals surface area contributed by atoms with Crippen molar-refractivity contribution in [1.29, 1.82) is 5.41 Å². The Morgan fingerprint density at radius 2 is 1.86 bits per heavy atom. The van der Waals surface area contributed by atoms with Crippen LogP contribution < -0.4 is 4.74 Å². The van der Waals surface area contributed by atoms with Crippen LogP contribution in [0.4, 0.5) is 0 Å². The highest BCUT2D eigenvalue weighted by Gasteiger charge is 2.41. The van der Waals surface area contributed by atoms with Crippen molar-refractivity contribution in [3.8, 4) is 5.75 Å². The number of hydrogen-bond donors (Lipinski definition) is 1. The summed E-state index contributed by atoms with van der Waals surface area (Å²) in [5.41, 5.74) is 1.72. The van der Waals surface area contributed by atoms with Gasteiger partial charge in [0.05, 0.1) is 24.1 Å². The number of rotatable bonds is 6. The lowest BCUT2D eigenvalue weighted by Crippen LogP contribution is -2.45. The van der Waals surface area contributed by atoms with E-state index in [9.17, 15) is 13.2 Å². The average Bonchev–Trinajstić information content (AvgIpc) is 3.42. The number of aromatic nitrogens is 1. The van der Waals surface area contributed by atoms with Gasteiger partial charge in [-0.25, -0.2) is 13.3 Å². The van der Waals surface area contributed by atoms with Gasteiger partial charge in [0.2, 0.25) is 20.2 Å². The van der Waals surface area contributed by atoms with E-state index in [2.05, 4.69) is 14.0 Å². The van der Waals surface area contributed by atoms with Crippen LogP contribution in [0.3, 0.4) is 0 Å². The molecule has 11 heteroatoms. The number of carbonyl (C=O) groups is 1. The van der Waals surface area contributed by atoms with E-state index in [1.165, 1.54) is 0 Å². The Bertz CT molecular complexity index is 1540. The van der Waals surface area contributed by atoms with Crippen molar-refractivity contribution >= 4 is 60.8 Å². The molecule has 0 radical (unpaired) electrons. The minimum Gasteiger partial charge on any atom is -0.494 e. The molecule has 1 amide bonds. The second-order valence-corrected chi connectivity index (χ2v) is 10.6. The predicted molar refractivity (Wildman–Crippen MR) is 138 cm³/mol. The molecule has 5 rings (SSSR count). The van der Waals surface area contributed by atoms with Crippen LogP contribution in [0.25, 0.3) is 17.0 Å². The Hall–Kier alpha value is -3.70. The van der Waals surface area contributed by atoms with E-state index >= 15 is 0 Å². The first-order valence-corrected chi connectivity index (χ1v) is 13.4. The molecule has 35 heavy (non-hydrogen) atoms. The largest absolute Gasteiger partial charge is 0.494 e. The molecule has 0 aliphatic carbocycles. The molecule has 1 aromatic heterocycles. The number of nitrogens with zero attached hydrogens (tertiary/aromatic N) is 4. The predicted octanol–water partition coefficient (Wildman–Crippen LogP) is 3.73. The van der Waals surface area contributed by atoms with Gasteiger partial charge in [-0.15, -0.1) is 0 Å². The number of hydrogen-bond acceptors (Lipinski definition) is 7. The molecule has 3 aromatic rings. The van der Waals surface area contributed by atoms with Crippen molar-refractivity contribution in [2.75, 3.05) is 12.9 Å². The molecule has 0 saturated carbocycles. The number of para-hydroxylation sites is 2. The first kappa shape index (κ1) is 23.1. The van der Waals surface area contributed by atoms with Crippen LogP contribution in [0.5, 0.6) is 5.75 Å². The number of nitrogens with one attached hydrogen (secondary N) is 1. The zero-order chi connectivity index (χ0) is 24.6. The first-order valence-electron chi connectivity index (χ1n) is 10.8. The van der Waals surface area contributed by atoms with Crippen LogP contribution in [0.15, 0.2) is 75.8 Å². The second kappa shape index (κ2) is 9.16. The zero-order valence-corrected chi connectivity index (χ0v) is 20.3. The number of ether oxygens (including phenoxy) is 1. The van der Waals surface area contributed by atoms with Crippen LogP contribution >= 0.6 is 11.9 Å². The normalized spacial score (nSPS) is 17.1. The molecule has 0 bridgehead atoms. The smallest absolute Gasteiger partial charge is 0.283 e. The summed E-state index contributed by atoms with van der Waals surface area (Å²) in [5.74, 6) is -0.0457. The van der Waals surface area contributed by atoms with Gasteiger partial charge in [-0.3, -0.25) is 10.2 Å². The fourth-order valence-corrected chi connectivity index (χ4v) is 5.75. The lowest BCUT2D eigenvalue weighted by molar-refractivity contribution is -0.114. The van der Waals surface area contributed by atoms with Gasteiger partial charge in [-0.05, 0) is 30.7 Å². The molecule has 2 aliphatic heterocycles. The maximum Gasteiger partial charge on any atom is 0.283 e. The van der Waals surface area contributed by atoms with E-state index in [-0.39, 0.29) is 21.7 Å². The molecule has 2 aromatic carbocycles. The van der Waals surface area contributed by atoms with Crippen molar-refractivity contribution in [2.24, 2.45) is 9.39 Å². The Morgan fingerprint density at radius 3 is 2.63 bits per heavy atom. The summed E-state index contributed by atoms with van der Waals surface area (Å²) in [7, 11) is -3.70. The molecule has 0 atom stereocenters. The Balaban J connectivity index is 1.42. The Labute approximate surface area is 206 Å². The first-order chi connectivity index (χ1) is 16.8. The van der Waals surface area contributed by atoms with E-state index in [4.69, 9.17) is 10.1 Å². The fourth-order valence-electron chi connectivity index (χ4n) is 3.91. The SMILES string of the molecule is CS(=O)(=O)C1=NSC2=NC(=O)/C(=C\c3cn(CCCOc4ccccc4)c4ccccc34)C(=N)N21. The molecule has 0 saturated heterocycles. The van der Waals surface area contributed by atoms with Gasteiger partial charge in [-0.2, -0.15) is 9.39 Å². The molecule has 178 valence electrons. The maximum absolute atomic E-state index is 12.7. The summed E-state index contributed by atoms with van der Waals surface area (Å²) in [6, 6.07) is 17.4. The van der Waals surface area contributed by atoms with E-state index in [1.54, 1.807) is 6.08 Å². The van der Waals surface area contributed by atoms with Gasteiger partial charge in [0.15, 0.2) is 0 Å². The molecular weight excluding hydrogens is 486 g/mol. The van der Waals surface area contributed by atoms with Gasteiger partial charge in [0, 0.05) is 35.5 Å². The number of amides is 1. The van der Waals surface area contributed by atoms with Crippen LogP contribution in [0.2, 0.25) is 0 Å². The lowest BCUT2D eigenvalue weighted by Gasteiger charge is -2.23. The molecule has 0 unspecified atom stereocenters. The number of amidine groups is 3. The molecule has 1 N–H and O–H groups in total. The third kappa shape index (κ3) is 4.52. The third-order valence-corrected chi connectivity index (χ3v) is 7.25. The van der Waals surface area contributed by atoms with E-state index in [0.717, 1.165) is 51.7 Å². The van der Waals surface area contributed by atoms with Crippen molar-refractivity contribution in [1.82, 2.24) is 9.47 Å². The summed E-state index contributed by atoms with van der Waals surface area (Å²) >= 11 is 0.773. The van der Waals surface area contributed by atoms with Crippen molar-refractivity contribution in [2.45, 2.75) is 13.0 Å². The number of sulfone groups is 1. The molecule has 9 nitrogen and oxygen atoms in total. The second-order valence-electron chi connectivity index (χ2n) is 7.99. The quantitative estimate of drug-likeness (QED) is 0.309. The highest BCUT2D eigenvalue weighted by molar-refractivity contribution is 8.16. The zero-order valence-electron chi connectivity index (χ0n) is 18.7. The van der Waals surface area contributed by atoms with E-state index in [1.807, 2.05) is 60.8 Å². The summed E-state index contributed by atoms with van der Waals surface area (Å²) in [4.78, 5) is 17.8. The number of carbonyl (C=O) groups excluding carboxylic acids is 1. The number of aliphatic imine (C=N–C) groups is 1. The topological polar surface area (TPSA) is 117 Å². The third-order valence-electron chi connectivity index (χ3n) is 5.50. The molecular formula is C24H21N5O4S2. The highest BCUT2D eigenvalue weighted by Crippen LogP contribution is 2.31. The van der Waals surface area contributed by atoms with Gasteiger partial charge in [0.1, 0.15) is 11.6 Å². The van der Waals surface area contributed by atoms with Crippen LogP contribution in [0, 0.1) is 5.41 Å². The van der Waals surface area contributed by atoms with Crippen LogP contribution in [-0.4, -0.2) is 52.8 Å². The summed E-state index contributed by atoms with van der Waals surface area (Å²) in [5, 5.41) is 9.25. The van der Waals surface area contributed by atoms with Crippen LogP contribution in [-0.2, 0) is 21.2 Å². The maximum atomic E-state index is 12.7. The van der Waals surface area contributed by atoms with Gasteiger partial charge in [-0.1, -0.05) is 36.4 Å². The van der Waals surface area contributed by atoms with Crippen molar-refractivity contribution in [3.05, 3.63) is 71.9 Å². The lowest BCUT2D eigenvalue weighted by atomic mass is 10.1. The van der Waals surface area contributed by atoms with Gasteiger partial charge < -0.3 is 9.30 Å². The molecule has 0 spiro atoms. The van der Waals surface area contributed by atoms with E-state index < -0.39 is 15.7 Å². The van der Waals surface area contributed by atoms with Gasteiger partial charge in [0.25, 0.3) is 5.91 Å². The Morgan fingerprint density at radius 1 is 1.11 bits per heavy atom. The Kier molecular flexibility index (Phi) is 6.03. The number of benzene rings is 2. The minimum absolute atomic E-state index is 0.00270. The fraction of sp³-hybridized carbons (Fsp3) is 0.167. The molecule has 3 heterocycles. The molecule has 0 fully saturated rings. The number of fused-ring (bicyclic) bond motifs is 2. The minimum atomic E-state index is -3.70. The summed E-state index contributed by atoms with van der Waals surface area (Å²) in [6.07, 6.45) is 5.29. The number of aryl methyl sites for hydroxylation is 1. The monoisotopic (exact) mass is 507 g/mol. The average molecular weight is 508 g/mol. The van der Waals surface area contributed by atoms with Crippen molar-refractivity contribution < 1.29 is 17.9 Å². The summed E-state index contributed by atoms with van der Waals surface area (Å²) in [6.45, 7) is 1.24. The van der Waals surface area contributed by atoms with Gasteiger partial charge >= 0.3 is 0 Å². The van der Waals surface area contributed by atoms with Crippen molar-refractivity contribution in [3.63, 3.8) is 0 Å². The summed E-state index contributed by atoms with van der Waals surface area (Å²) < 4.78 is 36.0. The standard InChI is InChI=1S/C24H21N5O4S2/c1-35(31,32)24-27-34-23-26-22(30)19(21(25)29(23)24)14-16-15-28(20-11-6-5-10-18(16)20)12-7-13-33-17-8-3-2-4-9-17/h2-6,8-11,14-15,25H,7,12-13H2,1H3/b19-14-,25-21?. The highest BCUT2D eigenvalue weighted by atomic mass is 32.2.